The summed E-state index contributed by atoms with van der Waals surface area (Å²) < 4.78 is 22.4. The second-order valence-corrected chi connectivity index (χ2v) is 8.04. The Morgan fingerprint density at radius 1 is 0.853 bits per heavy atom. The Morgan fingerprint density at radius 2 is 1.68 bits per heavy atom. The molecule has 0 unspecified atom stereocenters. The van der Waals surface area contributed by atoms with E-state index in [0.29, 0.717) is 57.2 Å². The molecule has 0 spiro atoms. The number of hydrogen-bond donors (Lipinski definition) is 0. The molecular formula is C27H19ClO6. The molecule has 0 N–H and O–H groups in total. The molecule has 0 aliphatic carbocycles. The second kappa shape index (κ2) is 9.08. The van der Waals surface area contributed by atoms with Crippen LogP contribution in [-0.2, 0) is 6.61 Å². The smallest absolute Gasteiger partial charge is 0.344 e. The molecule has 0 atom stereocenters. The minimum absolute atomic E-state index is 0.258. The van der Waals surface area contributed by atoms with Gasteiger partial charge in [0, 0.05) is 33.5 Å². The zero-order valence-electron chi connectivity index (χ0n) is 18.2. The molecule has 7 heteroatoms. The number of rotatable bonds is 6. The first-order valence-electron chi connectivity index (χ1n) is 10.7. The van der Waals surface area contributed by atoms with Gasteiger partial charge in [0.05, 0.1) is 12.2 Å². The highest BCUT2D eigenvalue weighted by Gasteiger charge is 2.16. The molecular weight excluding hydrogens is 456 g/mol. The third-order valence-corrected chi connectivity index (χ3v) is 5.60. The molecule has 6 nitrogen and oxygen atoms in total. The van der Waals surface area contributed by atoms with Crippen molar-refractivity contribution in [2.24, 2.45) is 0 Å². The van der Waals surface area contributed by atoms with Gasteiger partial charge >= 0.3 is 11.3 Å². The van der Waals surface area contributed by atoms with Crippen molar-refractivity contribution in [1.82, 2.24) is 0 Å². The Morgan fingerprint density at radius 3 is 2.47 bits per heavy atom. The number of fused-ring (bicyclic) bond motifs is 2. The van der Waals surface area contributed by atoms with E-state index in [9.17, 15) is 9.59 Å². The van der Waals surface area contributed by atoms with Gasteiger partial charge in [0.2, 0.25) is 0 Å². The van der Waals surface area contributed by atoms with Crippen molar-refractivity contribution in [2.75, 3.05) is 6.61 Å². The Balaban J connectivity index is 1.55. The number of para-hydroxylation sites is 1. The summed E-state index contributed by atoms with van der Waals surface area (Å²) in [6.45, 7) is 2.62. The lowest BCUT2D eigenvalue weighted by Gasteiger charge is -2.10. The molecule has 0 fully saturated rings. The predicted molar refractivity (Wildman–Crippen MR) is 131 cm³/mol. The fraction of sp³-hybridized carbons (Fsp3) is 0.111. The van der Waals surface area contributed by atoms with Gasteiger partial charge in [0.25, 0.3) is 0 Å². The molecule has 0 radical (unpaired) electrons. The summed E-state index contributed by atoms with van der Waals surface area (Å²) in [5.74, 6) is 1.01. The molecule has 0 saturated heterocycles. The Bertz CT molecular complexity index is 1620. The molecule has 34 heavy (non-hydrogen) atoms. The van der Waals surface area contributed by atoms with Gasteiger partial charge in [-0.15, -0.1) is 0 Å². The van der Waals surface area contributed by atoms with Gasteiger partial charge in [-0.2, -0.15) is 0 Å². The molecule has 5 rings (SSSR count). The lowest BCUT2D eigenvalue weighted by atomic mass is 10.0. The van der Waals surface area contributed by atoms with Gasteiger partial charge in [-0.05, 0) is 48.9 Å². The summed E-state index contributed by atoms with van der Waals surface area (Å²) >= 11 is 5.92. The van der Waals surface area contributed by atoms with Crippen LogP contribution in [0, 0.1) is 0 Å². The van der Waals surface area contributed by atoms with Crippen LogP contribution in [0.2, 0.25) is 5.02 Å². The van der Waals surface area contributed by atoms with Crippen LogP contribution in [0.1, 0.15) is 12.5 Å². The van der Waals surface area contributed by atoms with Crippen molar-refractivity contribution in [3.63, 3.8) is 0 Å². The molecule has 0 amide bonds. The highest BCUT2D eigenvalue weighted by molar-refractivity contribution is 6.30. The van der Waals surface area contributed by atoms with Crippen molar-refractivity contribution in [3.05, 3.63) is 104 Å². The minimum Gasteiger partial charge on any atom is -0.490 e. The van der Waals surface area contributed by atoms with E-state index in [1.807, 2.05) is 31.2 Å². The maximum Gasteiger partial charge on any atom is 0.344 e. The van der Waals surface area contributed by atoms with Crippen LogP contribution in [0.4, 0.5) is 0 Å². The van der Waals surface area contributed by atoms with Crippen molar-refractivity contribution in [3.8, 4) is 22.6 Å². The number of benzene rings is 3. The molecule has 0 aliphatic heterocycles. The summed E-state index contributed by atoms with van der Waals surface area (Å²) in [6.07, 6.45) is 0. The molecule has 0 saturated carbocycles. The lowest BCUT2D eigenvalue weighted by Crippen LogP contribution is -2.07. The van der Waals surface area contributed by atoms with E-state index in [4.69, 9.17) is 29.9 Å². The zero-order chi connectivity index (χ0) is 23.7. The molecule has 0 aliphatic rings. The van der Waals surface area contributed by atoms with E-state index >= 15 is 0 Å². The fourth-order valence-electron chi connectivity index (χ4n) is 3.78. The van der Waals surface area contributed by atoms with Crippen LogP contribution in [0.5, 0.6) is 11.5 Å². The minimum atomic E-state index is -0.583. The summed E-state index contributed by atoms with van der Waals surface area (Å²) in [5.41, 5.74) is 1.14. The third kappa shape index (κ3) is 4.28. The Labute approximate surface area is 198 Å². The van der Waals surface area contributed by atoms with Crippen LogP contribution < -0.4 is 20.7 Å². The Kier molecular flexibility index (Phi) is 5.82. The largest absolute Gasteiger partial charge is 0.490 e. The highest BCUT2D eigenvalue weighted by Crippen LogP contribution is 2.32. The van der Waals surface area contributed by atoms with E-state index in [2.05, 4.69) is 0 Å². The predicted octanol–water partition coefficient (Wildman–Crippen LogP) is 6.20. The van der Waals surface area contributed by atoms with Gasteiger partial charge in [-0.3, -0.25) is 0 Å². The molecule has 5 aromatic rings. The number of hydrogen-bond acceptors (Lipinski definition) is 6. The van der Waals surface area contributed by atoms with Crippen molar-refractivity contribution < 1.29 is 18.3 Å². The van der Waals surface area contributed by atoms with E-state index in [1.165, 1.54) is 6.07 Å². The average Bonchev–Trinajstić information content (AvgIpc) is 2.83. The monoisotopic (exact) mass is 474 g/mol. The molecule has 2 heterocycles. The summed E-state index contributed by atoms with van der Waals surface area (Å²) in [6, 6.07) is 20.8. The first-order chi connectivity index (χ1) is 16.5. The summed E-state index contributed by atoms with van der Waals surface area (Å²) in [7, 11) is 0. The van der Waals surface area contributed by atoms with E-state index in [0.717, 1.165) is 5.56 Å². The van der Waals surface area contributed by atoms with Crippen molar-refractivity contribution in [1.29, 1.82) is 0 Å². The van der Waals surface area contributed by atoms with Gasteiger partial charge in [-0.1, -0.05) is 35.9 Å². The summed E-state index contributed by atoms with van der Waals surface area (Å²) in [4.78, 5) is 25.2. The third-order valence-electron chi connectivity index (χ3n) is 5.35. The van der Waals surface area contributed by atoms with Crippen molar-refractivity contribution >= 4 is 33.5 Å². The second-order valence-electron chi connectivity index (χ2n) is 7.61. The lowest BCUT2D eigenvalue weighted by molar-refractivity contribution is 0.306. The van der Waals surface area contributed by atoms with E-state index in [1.54, 1.807) is 42.5 Å². The van der Waals surface area contributed by atoms with Crippen LogP contribution in [0.25, 0.3) is 33.1 Å². The topological polar surface area (TPSA) is 78.9 Å². The van der Waals surface area contributed by atoms with Gasteiger partial charge < -0.3 is 18.3 Å². The van der Waals surface area contributed by atoms with Crippen LogP contribution >= 0.6 is 11.6 Å². The molecule has 170 valence electrons. The first-order valence-corrected chi connectivity index (χ1v) is 11.0. The average molecular weight is 475 g/mol. The molecule has 2 aromatic heterocycles. The molecule has 3 aromatic carbocycles. The summed E-state index contributed by atoms with van der Waals surface area (Å²) in [5, 5.41) is 1.92. The first kappa shape index (κ1) is 21.8. The normalized spacial score (nSPS) is 11.1. The SMILES string of the molecule is CCOc1cccc2cc(-c3cc(=O)oc4cc(OCc5ccc(Cl)cc5)ccc34)c(=O)oc12. The highest BCUT2D eigenvalue weighted by atomic mass is 35.5. The Hall–Kier alpha value is -4.03. The fourth-order valence-corrected chi connectivity index (χ4v) is 3.90. The number of halogens is 1. The zero-order valence-corrected chi connectivity index (χ0v) is 18.9. The maximum atomic E-state index is 12.9. The van der Waals surface area contributed by atoms with Crippen LogP contribution in [0.15, 0.2) is 91.2 Å². The number of ether oxygens (including phenoxy) is 2. The van der Waals surface area contributed by atoms with E-state index < -0.39 is 11.3 Å². The van der Waals surface area contributed by atoms with Gasteiger partial charge in [0.15, 0.2) is 11.3 Å². The molecule has 0 bridgehead atoms. The van der Waals surface area contributed by atoms with Gasteiger partial charge in [-0.25, -0.2) is 9.59 Å². The quantitative estimate of drug-likeness (QED) is 0.273. The van der Waals surface area contributed by atoms with Crippen LogP contribution in [-0.4, -0.2) is 6.61 Å². The van der Waals surface area contributed by atoms with Gasteiger partial charge in [0.1, 0.15) is 17.9 Å². The van der Waals surface area contributed by atoms with Crippen molar-refractivity contribution in [2.45, 2.75) is 13.5 Å². The standard InChI is InChI=1S/C27H19ClO6/c1-2-31-23-5-3-4-17-12-22(27(30)34-26(17)23)21-14-25(29)33-24-13-19(10-11-20(21)24)32-15-16-6-8-18(28)9-7-16/h3-14H,2,15H2,1H3. The van der Waals surface area contributed by atoms with Crippen LogP contribution in [0.3, 0.4) is 0 Å². The maximum absolute atomic E-state index is 12.9. The van der Waals surface area contributed by atoms with E-state index in [-0.39, 0.29) is 5.56 Å².